The number of hydrogen-bond donors (Lipinski definition) is 2. The Labute approximate surface area is 182 Å². The minimum atomic E-state index is -4.89. The molecule has 1 fully saturated rings. The molecule has 0 spiro atoms. The Morgan fingerprint density at radius 2 is 1.88 bits per heavy atom. The molecule has 2 heterocycles. The molecule has 0 amide bonds. The zero-order valence-corrected chi connectivity index (χ0v) is 17.8. The van der Waals surface area contributed by atoms with Gasteiger partial charge < -0.3 is 10.0 Å². The molecule has 1 aromatic heterocycles. The van der Waals surface area contributed by atoms with Gasteiger partial charge in [-0.05, 0) is 52.6 Å². The second-order valence-electron chi connectivity index (χ2n) is 7.65. The molecule has 0 radical (unpaired) electrons. The number of tetrazole rings is 1. The maximum atomic E-state index is 13.7. The monoisotopic (exact) mass is 467 g/mol. The summed E-state index contributed by atoms with van der Waals surface area (Å²) in [5.74, 6) is -0.182. The molecule has 0 bridgehead atoms. The maximum absolute atomic E-state index is 13.7. The van der Waals surface area contributed by atoms with Crippen LogP contribution in [0.1, 0.15) is 18.4 Å². The number of aliphatic hydroxyl groups is 1. The molecule has 12 heteroatoms. The lowest BCUT2D eigenvalue weighted by Crippen LogP contribution is -2.35. The number of sulfone groups is 1. The molecule has 4 rings (SSSR count). The predicted octanol–water partition coefficient (Wildman–Crippen LogP) is 2.92. The number of benzene rings is 2. The van der Waals surface area contributed by atoms with Crippen LogP contribution in [-0.4, -0.2) is 59.6 Å². The summed E-state index contributed by atoms with van der Waals surface area (Å²) in [4.78, 5) is 1.18. The van der Waals surface area contributed by atoms with Crippen molar-refractivity contribution >= 4 is 15.5 Å². The third-order valence-electron chi connectivity index (χ3n) is 5.40. The largest absolute Gasteiger partial charge is 0.417 e. The summed E-state index contributed by atoms with van der Waals surface area (Å²) in [5, 5.41) is 22.7. The Kier molecular flexibility index (Phi) is 5.67. The van der Waals surface area contributed by atoms with Crippen molar-refractivity contribution < 1.29 is 26.7 Å². The average Bonchev–Trinajstić information content (AvgIpc) is 3.26. The molecule has 0 aliphatic carbocycles. The Bertz CT molecular complexity index is 1220. The van der Waals surface area contributed by atoms with Gasteiger partial charge in [0.2, 0.25) is 0 Å². The highest BCUT2D eigenvalue weighted by molar-refractivity contribution is 7.91. The maximum Gasteiger partial charge on any atom is 0.417 e. The highest BCUT2D eigenvalue weighted by Crippen LogP contribution is 2.43. The summed E-state index contributed by atoms with van der Waals surface area (Å²) in [6.45, 7) is 1.26. The number of aromatic nitrogens is 4. The average molecular weight is 467 g/mol. The number of aromatic amines is 1. The van der Waals surface area contributed by atoms with Crippen LogP contribution in [0, 0.1) is 0 Å². The summed E-state index contributed by atoms with van der Waals surface area (Å²) in [6.07, 6.45) is -3.30. The van der Waals surface area contributed by atoms with Gasteiger partial charge in [-0.2, -0.15) is 13.2 Å². The highest BCUT2D eigenvalue weighted by atomic mass is 32.2. The molecule has 8 nitrogen and oxygen atoms in total. The van der Waals surface area contributed by atoms with E-state index in [2.05, 4.69) is 25.5 Å². The van der Waals surface area contributed by atoms with Crippen LogP contribution in [0.25, 0.3) is 22.5 Å². The van der Waals surface area contributed by atoms with Gasteiger partial charge in [0.1, 0.15) is 0 Å². The first kappa shape index (κ1) is 22.2. The second kappa shape index (κ2) is 8.17. The van der Waals surface area contributed by atoms with Crippen LogP contribution in [0.4, 0.5) is 18.9 Å². The van der Waals surface area contributed by atoms with Crippen LogP contribution in [0.5, 0.6) is 0 Å². The quantitative estimate of drug-likeness (QED) is 0.607. The highest BCUT2D eigenvalue weighted by Gasteiger charge is 2.39. The van der Waals surface area contributed by atoms with Crippen LogP contribution in [0.3, 0.4) is 0 Å². The SMILES string of the molecule is CS(=O)(=O)c1c(C(F)(F)F)ccc(-c2cccc(N3CCC(O)CC3)c2)c1-c1nnn[nH]1. The third kappa shape index (κ3) is 4.32. The topological polar surface area (TPSA) is 112 Å². The number of piperidine rings is 1. The van der Waals surface area contributed by atoms with Gasteiger partial charge in [0.25, 0.3) is 0 Å². The van der Waals surface area contributed by atoms with Gasteiger partial charge in [0.05, 0.1) is 16.6 Å². The van der Waals surface area contributed by atoms with Crippen LogP contribution in [-0.2, 0) is 16.0 Å². The van der Waals surface area contributed by atoms with Gasteiger partial charge in [-0.25, -0.2) is 13.5 Å². The number of halogens is 3. The fourth-order valence-electron chi connectivity index (χ4n) is 3.93. The van der Waals surface area contributed by atoms with Crippen molar-refractivity contribution in [2.45, 2.75) is 30.0 Å². The van der Waals surface area contributed by atoms with E-state index in [4.69, 9.17) is 0 Å². The third-order valence-corrected chi connectivity index (χ3v) is 6.57. The van der Waals surface area contributed by atoms with Crippen LogP contribution in [0.2, 0.25) is 0 Å². The zero-order chi connectivity index (χ0) is 23.1. The number of rotatable bonds is 4. The summed E-state index contributed by atoms with van der Waals surface area (Å²) in [5.41, 5.74) is 0.0567. The number of anilines is 1. The smallest absolute Gasteiger partial charge is 0.393 e. The molecule has 2 aromatic carbocycles. The van der Waals surface area contributed by atoms with Crippen LogP contribution in [0.15, 0.2) is 41.3 Å². The molecule has 1 aliphatic heterocycles. The number of aliphatic hydroxyl groups excluding tert-OH is 1. The van der Waals surface area contributed by atoms with Crippen molar-refractivity contribution in [3.63, 3.8) is 0 Å². The van der Waals surface area contributed by atoms with E-state index in [-0.39, 0.29) is 23.1 Å². The molecule has 3 aromatic rings. The van der Waals surface area contributed by atoms with Crippen molar-refractivity contribution in [2.24, 2.45) is 0 Å². The van der Waals surface area contributed by atoms with Crippen molar-refractivity contribution in [3.05, 3.63) is 42.0 Å². The first-order chi connectivity index (χ1) is 15.1. The van der Waals surface area contributed by atoms with E-state index in [1.54, 1.807) is 18.2 Å². The Morgan fingerprint density at radius 3 is 2.47 bits per heavy atom. The number of hydrogen-bond acceptors (Lipinski definition) is 7. The van der Waals surface area contributed by atoms with Crippen LogP contribution < -0.4 is 4.90 Å². The Hall–Kier alpha value is -2.99. The summed E-state index contributed by atoms with van der Waals surface area (Å²) in [7, 11) is -4.31. The molecular weight excluding hydrogens is 447 g/mol. The number of nitrogens with one attached hydrogen (secondary N) is 1. The van der Waals surface area contributed by atoms with Gasteiger partial charge in [-0.3, -0.25) is 0 Å². The van der Waals surface area contributed by atoms with Gasteiger partial charge in [-0.15, -0.1) is 5.10 Å². The van der Waals surface area contributed by atoms with E-state index in [1.165, 1.54) is 6.07 Å². The van der Waals surface area contributed by atoms with Crippen molar-refractivity contribution in [3.8, 4) is 22.5 Å². The molecule has 2 N–H and O–H groups in total. The van der Waals surface area contributed by atoms with E-state index in [1.807, 2.05) is 6.07 Å². The Morgan fingerprint density at radius 1 is 1.16 bits per heavy atom. The normalized spacial score (nSPS) is 15.8. The molecule has 32 heavy (non-hydrogen) atoms. The molecule has 170 valence electrons. The van der Waals surface area contributed by atoms with E-state index in [9.17, 15) is 26.7 Å². The molecule has 0 atom stereocenters. The van der Waals surface area contributed by atoms with Crippen molar-refractivity contribution in [1.82, 2.24) is 20.6 Å². The molecule has 0 saturated carbocycles. The minimum absolute atomic E-state index is 0.182. The van der Waals surface area contributed by atoms with Crippen LogP contribution >= 0.6 is 0 Å². The summed E-state index contributed by atoms with van der Waals surface area (Å²) >= 11 is 0. The number of H-pyrrole nitrogens is 1. The van der Waals surface area contributed by atoms with Gasteiger partial charge in [0.15, 0.2) is 15.7 Å². The number of alkyl halides is 3. The standard InChI is InChI=1S/C20H20F3N5O3S/c1-32(30,31)18-16(20(21,22)23)6-5-15(17(18)19-24-26-27-25-19)12-3-2-4-13(11-12)28-9-7-14(29)8-10-28/h2-6,11,14,29H,7-10H2,1H3,(H,24,25,26,27). The molecular formula is C20H20F3N5O3S. The lowest BCUT2D eigenvalue weighted by Gasteiger charge is -2.31. The summed E-state index contributed by atoms with van der Waals surface area (Å²) in [6, 6.07) is 9.07. The van der Waals surface area contributed by atoms with Crippen molar-refractivity contribution in [2.75, 3.05) is 24.2 Å². The summed E-state index contributed by atoms with van der Waals surface area (Å²) < 4.78 is 66.2. The van der Waals surface area contributed by atoms with Crippen molar-refractivity contribution in [1.29, 1.82) is 0 Å². The second-order valence-corrected chi connectivity index (χ2v) is 9.61. The number of nitrogens with zero attached hydrogens (tertiary/aromatic N) is 4. The van der Waals surface area contributed by atoms with E-state index >= 15 is 0 Å². The predicted molar refractivity (Wildman–Crippen MR) is 111 cm³/mol. The fourth-order valence-corrected chi connectivity index (χ4v) is 5.09. The molecule has 1 aliphatic rings. The Balaban J connectivity index is 1.94. The first-order valence-corrected chi connectivity index (χ1v) is 11.7. The van der Waals surface area contributed by atoms with E-state index < -0.39 is 26.5 Å². The van der Waals surface area contributed by atoms with Gasteiger partial charge >= 0.3 is 6.18 Å². The first-order valence-electron chi connectivity index (χ1n) is 9.77. The zero-order valence-electron chi connectivity index (χ0n) is 17.0. The molecule has 0 unspecified atom stereocenters. The van der Waals surface area contributed by atoms with Gasteiger partial charge in [0, 0.05) is 30.6 Å². The molecule has 1 saturated heterocycles. The van der Waals surface area contributed by atoms with Gasteiger partial charge in [-0.1, -0.05) is 18.2 Å². The van der Waals surface area contributed by atoms with E-state index in [0.717, 1.165) is 18.0 Å². The minimum Gasteiger partial charge on any atom is -0.393 e. The van der Waals surface area contributed by atoms with E-state index in [0.29, 0.717) is 31.5 Å². The fraction of sp³-hybridized carbons (Fsp3) is 0.350. The lowest BCUT2D eigenvalue weighted by atomic mass is 9.95. The lowest BCUT2D eigenvalue weighted by molar-refractivity contribution is -0.139.